The van der Waals surface area contributed by atoms with E-state index >= 15 is 0 Å². The van der Waals surface area contributed by atoms with Crippen LogP contribution in [0.15, 0.2) is 36.7 Å². The van der Waals surface area contributed by atoms with E-state index in [4.69, 9.17) is 5.11 Å². The molecule has 2 aromatic rings. The van der Waals surface area contributed by atoms with Crippen LogP contribution in [0.4, 0.5) is 0 Å². The fourth-order valence-electron chi connectivity index (χ4n) is 1.25. The van der Waals surface area contributed by atoms with E-state index in [-0.39, 0.29) is 5.75 Å². The largest absolute Gasteiger partial charge is 0.508 e. The average molecular weight is 204 g/mol. The number of hydrogen-bond donors (Lipinski definition) is 1. The maximum absolute atomic E-state index is 9.10. The van der Waals surface area contributed by atoms with Gasteiger partial charge >= 0.3 is 0 Å². The van der Waals surface area contributed by atoms with Crippen molar-refractivity contribution in [1.29, 1.82) is 0 Å². The third kappa shape index (κ3) is 2.59. The van der Waals surface area contributed by atoms with E-state index in [0.717, 1.165) is 11.4 Å². The van der Waals surface area contributed by atoms with Gasteiger partial charge in [-0.25, -0.2) is 4.98 Å². The summed E-state index contributed by atoms with van der Waals surface area (Å²) >= 11 is 0. The second kappa shape index (κ2) is 5.20. The molecule has 0 saturated heterocycles. The van der Waals surface area contributed by atoms with Gasteiger partial charge in [0.2, 0.25) is 0 Å². The zero-order valence-corrected chi connectivity index (χ0v) is 9.31. The van der Waals surface area contributed by atoms with Crippen molar-refractivity contribution >= 4 is 0 Å². The first kappa shape index (κ1) is 11.3. The Balaban J connectivity index is 0.000000531. The van der Waals surface area contributed by atoms with E-state index in [2.05, 4.69) is 4.98 Å². The summed E-state index contributed by atoms with van der Waals surface area (Å²) in [5.74, 6) is 1.18. The molecule has 2 rings (SSSR count). The van der Waals surface area contributed by atoms with Gasteiger partial charge in [-0.05, 0) is 24.3 Å². The molecule has 80 valence electrons. The highest BCUT2D eigenvalue weighted by Crippen LogP contribution is 2.19. The normalized spacial score (nSPS) is 9.27. The van der Waals surface area contributed by atoms with Gasteiger partial charge in [0.05, 0.1) is 0 Å². The van der Waals surface area contributed by atoms with Crippen LogP contribution in [0.2, 0.25) is 0 Å². The standard InChI is InChI=1S/C10H10N2O.C2H6/c1-12-7-6-11-10(12)8-2-4-9(13)5-3-8;1-2/h2-7,13H,1H3;1-2H3. The Morgan fingerprint density at radius 1 is 1.13 bits per heavy atom. The molecule has 0 fully saturated rings. The van der Waals surface area contributed by atoms with Crippen molar-refractivity contribution in [2.24, 2.45) is 7.05 Å². The van der Waals surface area contributed by atoms with E-state index in [1.165, 1.54) is 0 Å². The molecule has 3 nitrogen and oxygen atoms in total. The van der Waals surface area contributed by atoms with Gasteiger partial charge in [0.25, 0.3) is 0 Å². The lowest BCUT2D eigenvalue weighted by atomic mass is 10.2. The molecule has 1 aromatic carbocycles. The summed E-state index contributed by atoms with van der Waals surface area (Å²) in [7, 11) is 1.94. The number of hydrogen-bond acceptors (Lipinski definition) is 2. The minimum Gasteiger partial charge on any atom is -0.508 e. The molecular formula is C12H16N2O. The highest BCUT2D eigenvalue weighted by atomic mass is 16.3. The van der Waals surface area contributed by atoms with Crippen LogP contribution < -0.4 is 0 Å². The molecule has 0 amide bonds. The summed E-state index contributed by atoms with van der Waals surface area (Å²) in [6.45, 7) is 4.00. The van der Waals surface area contributed by atoms with Gasteiger partial charge in [0.1, 0.15) is 11.6 Å². The lowest BCUT2D eigenvalue weighted by Gasteiger charge is -2.00. The second-order valence-corrected chi connectivity index (χ2v) is 2.91. The van der Waals surface area contributed by atoms with Crippen molar-refractivity contribution in [2.75, 3.05) is 0 Å². The fourth-order valence-corrected chi connectivity index (χ4v) is 1.25. The van der Waals surface area contributed by atoms with Crippen LogP contribution in [0, 0.1) is 0 Å². The molecule has 0 spiro atoms. The third-order valence-corrected chi connectivity index (χ3v) is 1.95. The van der Waals surface area contributed by atoms with E-state index in [9.17, 15) is 0 Å². The molecule has 1 aromatic heterocycles. The Bertz CT molecular complexity index is 404. The summed E-state index contributed by atoms with van der Waals surface area (Å²) in [5, 5.41) is 9.10. The average Bonchev–Trinajstić information content (AvgIpc) is 2.69. The van der Waals surface area contributed by atoms with Gasteiger partial charge in [-0.3, -0.25) is 0 Å². The molecule has 0 aliphatic rings. The zero-order valence-electron chi connectivity index (χ0n) is 9.31. The lowest BCUT2D eigenvalue weighted by molar-refractivity contribution is 0.475. The van der Waals surface area contributed by atoms with Gasteiger partial charge < -0.3 is 9.67 Å². The van der Waals surface area contributed by atoms with E-state index < -0.39 is 0 Å². The molecule has 1 heterocycles. The Morgan fingerprint density at radius 3 is 2.20 bits per heavy atom. The maximum atomic E-state index is 9.10. The Labute approximate surface area is 90.0 Å². The van der Waals surface area contributed by atoms with Crippen LogP contribution >= 0.6 is 0 Å². The second-order valence-electron chi connectivity index (χ2n) is 2.91. The Hall–Kier alpha value is -1.77. The number of nitrogens with zero attached hydrogens (tertiary/aromatic N) is 2. The molecule has 0 bridgehead atoms. The summed E-state index contributed by atoms with van der Waals surface area (Å²) in [6, 6.07) is 7.00. The number of phenolic OH excluding ortho intramolecular Hbond substituents is 1. The number of benzene rings is 1. The first-order valence-corrected chi connectivity index (χ1v) is 5.04. The monoisotopic (exact) mass is 204 g/mol. The molecule has 15 heavy (non-hydrogen) atoms. The SMILES string of the molecule is CC.Cn1ccnc1-c1ccc(O)cc1. The summed E-state index contributed by atoms with van der Waals surface area (Å²) in [4.78, 5) is 4.20. The number of aromatic hydroxyl groups is 1. The van der Waals surface area contributed by atoms with Crippen LogP contribution in [0.5, 0.6) is 5.75 Å². The number of rotatable bonds is 1. The minimum absolute atomic E-state index is 0.276. The minimum atomic E-state index is 0.276. The topological polar surface area (TPSA) is 38.0 Å². The van der Waals surface area contributed by atoms with E-state index in [0.29, 0.717) is 0 Å². The molecule has 1 N–H and O–H groups in total. The predicted octanol–water partition coefficient (Wildman–Crippen LogP) is 2.82. The Morgan fingerprint density at radius 2 is 1.73 bits per heavy atom. The summed E-state index contributed by atoms with van der Waals surface area (Å²) < 4.78 is 1.94. The van der Waals surface area contributed by atoms with Gasteiger partial charge in [-0.1, -0.05) is 13.8 Å². The van der Waals surface area contributed by atoms with Crippen LogP contribution in [0.1, 0.15) is 13.8 Å². The predicted molar refractivity (Wildman–Crippen MR) is 61.7 cm³/mol. The molecule has 0 aliphatic heterocycles. The molecule has 0 radical (unpaired) electrons. The molecule has 0 saturated carbocycles. The van der Waals surface area contributed by atoms with Crippen molar-refractivity contribution in [3.05, 3.63) is 36.7 Å². The maximum Gasteiger partial charge on any atom is 0.139 e. The molecular weight excluding hydrogens is 188 g/mol. The van der Waals surface area contributed by atoms with Crippen molar-refractivity contribution in [2.45, 2.75) is 13.8 Å². The van der Waals surface area contributed by atoms with Crippen LogP contribution in [-0.4, -0.2) is 14.7 Å². The molecule has 3 heteroatoms. The summed E-state index contributed by atoms with van der Waals surface area (Å²) in [6.07, 6.45) is 3.64. The van der Waals surface area contributed by atoms with Gasteiger partial charge in [0, 0.05) is 25.0 Å². The highest BCUT2D eigenvalue weighted by molar-refractivity contribution is 5.56. The first-order chi connectivity index (χ1) is 7.27. The smallest absolute Gasteiger partial charge is 0.139 e. The van der Waals surface area contributed by atoms with E-state index in [1.54, 1.807) is 18.3 Å². The summed E-state index contributed by atoms with van der Waals surface area (Å²) in [5.41, 5.74) is 1.00. The number of phenols is 1. The van der Waals surface area contributed by atoms with Gasteiger partial charge in [0.15, 0.2) is 0 Å². The van der Waals surface area contributed by atoms with E-state index in [1.807, 2.05) is 43.8 Å². The molecule has 0 atom stereocenters. The van der Waals surface area contributed by atoms with Gasteiger partial charge in [-0.2, -0.15) is 0 Å². The number of aromatic nitrogens is 2. The number of aryl methyl sites for hydroxylation is 1. The van der Waals surface area contributed by atoms with Crippen molar-refractivity contribution in [1.82, 2.24) is 9.55 Å². The van der Waals surface area contributed by atoms with Crippen LogP contribution in [-0.2, 0) is 7.05 Å². The Kier molecular flexibility index (Phi) is 3.92. The van der Waals surface area contributed by atoms with Crippen molar-refractivity contribution in [3.8, 4) is 17.1 Å². The molecule has 0 unspecified atom stereocenters. The fraction of sp³-hybridized carbons (Fsp3) is 0.250. The van der Waals surface area contributed by atoms with Crippen LogP contribution in [0.25, 0.3) is 11.4 Å². The number of imidazole rings is 1. The third-order valence-electron chi connectivity index (χ3n) is 1.95. The zero-order chi connectivity index (χ0) is 11.3. The van der Waals surface area contributed by atoms with Gasteiger partial charge in [-0.15, -0.1) is 0 Å². The quantitative estimate of drug-likeness (QED) is 0.775. The van der Waals surface area contributed by atoms with Crippen LogP contribution in [0.3, 0.4) is 0 Å². The van der Waals surface area contributed by atoms with Crippen molar-refractivity contribution < 1.29 is 5.11 Å². The first-order valence-electron chi connectivity index (χ1n) is 5.04. The highest BCUT2D eigenvalue weighted by Gasteiger charge is 2.01. The molecule has 0 aliphatic carbocycles. The van der Waals surface area contributed by atoms with Crippen molar-refractivity contribution in [3.63, 3.8) is 0 Å². The lowest BCUT2D eigenvalue weighted by Crippen LogP contribution is -1.90.